The highest BCUT2D eigenvalue weighted by Crippen LogP contribution is 2.34. The van der Waals surface area contributed by atoms with Crippen LogP contribution in [0.2, 0.25) is 0 Å². The van der Waals surface area contributed by atoms with Crippen LogP contribution in [0, 0.1) is 27.9 Å². The van der Waals surface area contributed by atoms with E-state index in [1.165, 1.54) is 13.0 Å². The summed E-state index contributed by atoms with van der Waals surface area (Å²) in [6.07, 6.45) is -0.180. The van der Waals surface area contributed by atoms with E-state index in [1.54, 1.807) is 54.5 Å². The van der Waals surface area contributed by atoms with E-state index in [0.29, 0.717) is 17.7 Å². The Hall–Kier alpha value is -5.12. The van der Waals surface area contributed by atoms with Gasteiger partial charge in [0.2, 0.25) is 6.29 Å². The molecule has 0 radical (unpaired) electrons. The van der Waals surface area contributed by atoms with Crippen molar-refractivity contribution in [3.8, 4) is 0 Å². The summed E-state index contributed by atoms with van der Waals surface area (Å²) in [5.41, 5.74) is -1.34. The molecule has 16 heteroatoms. The van der Waals surface area contributed by atoms with Crippen molar-refractivity contribution in [2.45, 2.75) is 131 Å². The van der Waals surface area contributed by atoms with Gasteiger partial charge < -0.3 is 29.1 Å². The molecule has 1 aromatic carbocycles. The molecular weight excluding hydrogens is 716 g/mol. The third kappa shape index (κ3) is 11.4. The van der Waals surface area contributed by atoms with E-state index in [9.17, 15) is 38.9 Å². The maximum atomic E-state index is 13.9. The number of fused-ring (bicyclic) bond motifs is 1. The van der Waals surface area contributed by atoms with Gasteiger partial charge in [-0.3, -0.25) is 29.9 Å². The van der Waals surface area contributed by atoms with Crippen molar-refractivity contribution in [1.82, 2.24) is 15.5 Å². The van der Waals surface area contributed by atoms with Gasteiger partial charge in [0.05, 0.1) is 28.3 Å². The van der Waals surface area contributed by atoms with Gasteiger partial charge in [0.1, 0.15) is 23.2 Å². The van der Waals surface area contributed by atoms with Gasteiger partial charge in [-0.05, 0) is 65.0 Å². The Bertz CT molecular complexity index is 1710. The number of nitro groups is 1. The fourth-order valence-electron chi connectivity index (χ4n) is 6.39. The Kier molecular flexibility index (Phi) is 14.9. The summed E-state index contributed by atoms with van der Waals surface area (Å²) in [4.78, 5) is 90.9. The highest BCUT2D eigenvalue weighted by atomic mass is 16.7. The minimum absolute atomic E-state index is 0.00311. The highest BCUT2D eigenvalue weighted by Gasteiger charge is 2.47. The second-order valence-corrected chi connectivity index (χ2v) is 15.5. The van der Waals surface area contributed by atoms with E-state index in [0.717, 1.165) is 12.1 Å². The largest absolute Gasteiger partial charge is 0.444 e. The number of rotatable bonds is 17. The number of ketones is 1. The first-order valence-corrected chi connectivity index (χ1v) is 18.5. The van der Waals surface area contributed by atoms with Crippen LogP contribution in [0.4, 0.5) is 10.5 Å². The highest BCUT2D eigenvalue weighted by molar-refractivity contribution is 6.23. The van der Waals surface area contributed by atoms with Gasteiger partial charge in [0.15, 0.2) is 0 Å². The molecule has 2 N–H and O–H groups in total. The van der Waals surface area contributed by atoms with Crippen molar-refractivity contribution in [2.24, 2.45) is 17.8 Å². The average molecular weight is 771 g/mol. The third-order valence-corrected chi connectivity index (χ3v) is 9.06. The topological polar surface area (TPSA) is 210 Å². The quantitative estimate of drug-likeness (QED) is 0.0638. The Balaban J connectivity index is 1.90. The molecule has 302 valence electrons. The van der Waals surface area contributed by atoms with Crippen LogP contribution < -0.4 is 10.6 Å². The summed E-state index contributed by atoms with van der Waals surface area (Å²) in [6.45, 7) is 20.9. The fraction of sp³-hybridized carbons (Fsp3) is 0.590. The van der Waals surface area contributed by atoms with Crippen LogP contribution in [0.3, 0.4) is 0 Å². The van der Waals surface area contributed by atoms with Crippen molar-refractivity contribution in [1.29, 1.82) is 0 Å². The Morgan fingerprint density at radius 1 is 1.00 bits per heavy atom. The number of benzene rings is 1. The van der Waals surface area contributed by atoms with Gasteiger partial charge in [-0.15, -0.1) is 0 Å². The normalized spacial score (nSPS) is 19.4. The number of Topliss-reactive ketones (excluding diaryl/α,β-unsaturated/α-hetero) is 1. The molecule has 1 aliphatic heterocycles. The number of ether oxygens (including phenoxy) is 4. The fourth-order valence-corrected chi connectivity index (χ4v) is 6.39. The lowest BCUT2D eigenvalue weighted by Crippen LogP contribution is -2.50. The summed E-state index contributed by atoms with van der Waals surface area (Å²) in [5.74, 6) is -5.38. The zero-order chi connectivity index (χ0) is 41.5. The lowest BCUT2D eigenvalue weighted by Gasteiger charge is -2.39. The molecule has 1 heterocycles. The number of nitrogens with zero attached hydrogens (tertiary/aromatic N) is 2. The van der Waals surface area contributed by atoms with Crippen LogP contribution in [0.15, 0.2) is 42.2 Å². The van der Waals surface area contributed by atoms with E-state index in [-0.39, 0.29) is 47.2 Å². The van der Waals surface area contributed by atoms with Crippen LogP contribution in [-0.2, 0) is 33.3 Å². The molecule has 2 aliphatic rings. The maximum absolute atomic E-state index is 13.9. The molecule has 0 aromatic heterocycles. The van der Waals surface area contributed by atoms with Crippen LogP contribution in [0.1, 0.15) is 116 Å². The van der Waals surface area contributed by atoms with Crippen molar-refractivity contribution in [3.05, 3.63) is 63.5 Å². The van der Waals surface area contributed by atoms with Crippen molar-refractivity contribution in [3.63, 3.8) is 0 Å². The number of carbonyl (C=O) groups excluding carboxylic acids is 6. The standard InChI is InChI=1S/C39H54N4O12/c1-12-26(13-2)52-31-18-24(17-30(29(31)16-22(7)44)40-23(8)41-38(49)55-39(9,10)11)35(47)53-37(21(5)6)54-36(48)32(20(3)4)42-33(45)27-15-14-25(43(50)51)19-28(27)34(42)46/h14-15,18-21,26,29-32,37,40H,8,12-13,16-17H2,1-7,9-11H3,(H,41,49)/t29-,30+,31-,32-,37?/m1/s1. The first-order chi connectivity index (χ1) is 25.6. The van der Waals surface area contributed by atoms with Crippen LogP contribution in [-0.4, -0.2) is 81.6 Å². The van der Waals surface area contributed by atoms with Crippen molar-refractivity contribution >= 4 is 41.3 Å². The lowest BCUT2D eigenvalue weighted by atomic mass is 9.79. The molecule has 1 aliphatic carbocycles. The SMILES string of the molecule is C=C(NC(=O)OC(C)(C)C)N[C@H]1CC(C(=O)OC(OC(=O)[C@@H](C(C)C)N2C(=O)c3ccc([N+](=O)[O-])cc3C2=O)C(C)C)=C[C@@H](OC(CC)CC)[C@@H]1CC(C)=O. The predicted molar refractivity (Wildman–Crippen MR) is 199 cm³/mol. The average Bonchev–Trinajstić information content (AvgIpc) is 3.31. The first kappa shape index (κ1) is 44.3. The Morgan fingerprint density at radius 2 is 1.62 bits per heavy atom. The Morgan fingerprint density at radius 3 is 2.15 bits per heavy atom. The van der Waals surface area contributed by atoms with Crippen LogP contribution in [0.5, 0.6) is 0 Å². The summed E-state index contributed by atoms with van der Waals surface area (Å²) in [5, 5.41) is 17.0. The minimum Gasteiger partial charge on any atom is -0.444 e. The number of carbonyl (C=O) groups is 6. The number of alkyl carbamates (subject to hydrolysis) is 1. The van der Waals surface area contributed by atoms with E-state index in [2.05, 4.69) is 17.2 Å². The summed E-state index contributed by atoms with van der Waals surface area (Å²) in [6, 6.07) is 1.14. The third-order valence-electron chi connectivity index (χ3n) is 9.06. The molecule has 1 aromatic rings. The number of non-ortho nitro benzene ring substituents is 1. The second-order valence-electron chi connectivity index (χ2n) is 15.5. The van der Waals surface area contributed by atoms with Crippen molar-refractivity contribution in [2.75, 3.05) is 0 Å². The molecule has 0 spiro atoms. The first-order valence-electron chi connectivity index (χ1n) is 18.5. The van der Waals surface area contributed by atoms with Gasteiger partial charge in [-0.2, -0.15) is 0 Å². The number of hydrogen-bond donors (Lipinski definition) is 2. The molecule has 0 saturated heterocycles. The molecule has 0 saturated carbocycles. The number of esters is 2. The number of nitrogens with one attached hydrogen (secondary N) is 2. The molecular formula is C39H54N4O12. The summed E-state index contributed by atoms with van der Waals surface area (Å²) < 4.78 is 23.3. The number of imide groups is 1. The van der Waals surface area contributed by atoms with Gasteiger partial charge >= 0.3 is 18.0 Å². The molecule has 16 nitrogen and oxygen atoms in total. The molecule has 0 bridgehead atoms. The number of nitro benzene ring substituents is 1. The molecule has 55 heavy (non-hydrogen) atoms. The molecule has 3 rings (SSSR count). The molecule has 1 unspecified atom stereocenters. The van der Waals surface area contributed by atoms with E-state index in [1.807, 2.05) is 13.8 Å². The lowest BCUT2D eigenvalue weighted by molar-refractivity contribution is -0.384. The van der Waals surface area contributed by atoms with E-state index < -0.39 is 88.3 Å². The van der Waals surface area contributed by atoms with E-state index >= 15 is 0 Å². The zero-order valence-electron chi connectivity index (χ0n) is 33.3. The number of amides is 3. The van der Waals surface area contributed by atoms with Gasteiger partial charge in [-0.25, -0.2) is 14.4 Å². The maximum Gasteiger partial charge on any atom is 0.413 e. The van der Waals surface area contributed by atoms with Crippen molar-refractivity contribution < 1.29 is 52.6 Å². The second kappa shape index (κ2) is 18.5. The molecule has 3 amide bonds. The smallest absolute Gasteiger partial charge is 0.413 e. The van der Waals surface area contributed by atoms with Gasteiger partial charge in [0, 0.05) is 42.0 Å². The molecule has 0 fully saturated rings. The van der Waals surface area contributed by atoms with Crippen LogP contribution in [0.25, 0.3) is 0 Å². The van der Waals surface area contributed by atoms with E-state index in [4.69, 9.17) is 18.9 Å². The predicted octanol–water partition coefficient (Wildman–Crippen LogP) is 5.74. The minimum atomic E-state index is -1.47. The summed E-state index contributed by atoms with van der Waals surface area (Å²) >= 11 is 0. The monoisotopic (exact) mass is 770 g/mol. The molecule has 5 atom stereocenters. The number of hydrogen-bond acceptors (Lipinski definition) is 13. The summed E-state index contributed by atoms with van der Waals surface area (Å²) in [7, 11) is 0. The van der Waals surface area contributed by atoms with Crippen LogP contribution >= 0.6 is 0 Å². The van der Waals surface area contributed by atoms with Gasteiger partial charge in [0.25, 0.3) is 17.5 Å². The Labute approximate surface area is 321 Å². The zero-order valence-corrected chi connectivity index (χ0v) is 33.3. The van der Waals surface area contributed by atoms with Gasteiger partial charge in [-0.1, -0.05) is 48.1 Å².